The number of nitriles is 1. The van der Waals surface area contributed by atoms with Crippen molar-refractivity contribution in [2.45, 2.75) is 0 Å². The second-order valence-electron chi connectivity index (χ2n) is 3.37. The van der Waals surface area contributed by atoms with E-state index in [1.54, 1.807) is 13.2 Å². The third kappa shape index (κ3) is 5.29. The Morgan fingerprint density at radius 2 is 2.12 bits per heavy atom. The molecule has 17 heavy (non-hydrogen) atoms. The van der Waals surface area contributed by atoms with Crippen molar-refractivity contribution in [2.75, 3.05) is 38.8 Å². The first kappa shape index (κ1) is 13.4. The second kappa shape index (κ2) is 7.60. The van der Waals surface area contributed by atoms with Gasteiger partial charge in [-0.2, -0.15) is 5.26 Å². The Morgan fingerprint density at radius 3 is 2.82 bits per heavy atom. The van der Waals surface area contributed by atoms with Crippen LogP contribution in [0.3, 0.4) is 0 Å². The molecular formula is C12H15FN2O2. The molecule has 0 fully saturated rings. The van der Waals surface area contributed by atoms with Crippen LogP contribution >= 0.6 is 0 Å². The van der Waals surface area contributed by atoms with Gasteiger partial charge in [0, 0.05) is 19.3 Å². The van der Waals surface area contributed by atoms with E-state index < -0.39 is 5.82 Å². The molecule has 1 N–H and O–H groups in total. The van der Waals surface area contributed by atoms with Gasteiger partial charge in [0.25, 0.3) is 0 Å². The van der Waals surface area contributed by atoms with E-state index in [9.17, 15) is 4.39 Å². The highest BCUT2D eigenvalue weighted by Gasteiger charge is 1.99. The molecule has 0 atom stereocenters. The van der Waals surface area contributed by atoms with E-state index in [0.717, 1.165) is 0 Å². The van der Waals surface area contributed by atoms with E-state index in [0.29, 0.717) is 37.6 Å². The number of hydrogen-bond donors (Lipinski definition) is 1. The summed E-state index contributed by atoms with van der Waals surface area (Å²) in [5.74, 6) is -0.424. The second-order valence-corrected chi connectivity index (χ2v) is 3.37. The molecule has 5 heteroatoms. The number of rotatable bonds is 7. The molecule has 0 unspecified atom stereocenters. The minimum atomic E-state index is -0.424. The lowest BCUT2D eigenvalue weighted by atomic mass is 10.2. The van der Waals surface area contributed by atoms with Gasteiger partial charge < -0.3 is 14.8 Å². The maximum atomic E-state index is 13.1. The summed E-state index contributed by atoms with van der Waals surface area (Å²) in [6.07, 6.45) is 0. The Labute approximate surface area is 100.0 Å². The number of methoxy groups -OCH3 is 1. The van der Waals surface area contributed by atoms with Crippen molar-refractivity contribution in [3.63, 3.8) is 0 Å². The Balaban J connectivity index is 2.32. The van der Waals surface area contributed by atoms with Gasteiger partial charge in [-0.05, 0) is 18.2 Å². The smallest absolute Gasteiger partial charge is 0.126 e. The summed E-state index contributed by atoms with van der Waals surface area (Å²) >= 11 is 0. The van der Waals surface area contributed by atoms with Crippen molar-refractivity contribution >= 4 is 5.69 Å². The highest BCUT2D eigenvalue weighted by atomic mass is 19.1. The van der Waals surface area contributed by atoms with Gasteiger partial charge in [0.15, 0.2) is 0 Å². The van der Waals surface area contributed by atoms with Crippen LogP contribution in [0.5, 0.6) is 0 Å². The molecule has 0 bridgehead atoms. The number of hydrogen-bond acceptors (Lipinski definition) is 4. The van der Waals surface area contributed by atoms with Gasteiger partial charge in [-0.25, -0.2) is 4.39 Å². The minimum absolute atomic E-state index is 0.299. The topological polar surface area (TPSA) is 54.3 Å². The van der Waals surface area contributed by atoms with Gasteiger partial charge in [-0.1, -0.05) is 0 Å². The molecule has 1 aromatic rings. The molecule has 0 heterocycles. The van der Waals surface area contributed by atoms with Crippen LogP contribution in [0.15, 0.2) is 18.2 Å². The molecule has 92 valence electrons. The number of halogens is 1. The predicted molar refractivity (Wildman–Crippen MR) is 62.3 cm³/mol. The maximum absolute atomic E-state index is 13.1. The van der Waals surface area contributed by atoms with Gasteiger partial charge in [0.1, 0.15) is 5.82 Å². The van der Waals surface area contributed by atoms with E-state index in [1.165, 1.54) is 12.1 Å². The molecule has 0 saturated heterocycles. The minimum Gasteiger partial charge on any atom is -0.383 e. The van der Waals surface area contributed by atoms with Crippen molar-refractivity contribution in [2.24, 2.45) is 0 Å². The lowest BCUT2D eigenvalue weighted by Crippen LogP contribution is -2.12. The number of benzene rings is 1. The Morgan fingerprint density at radius 1 is 1.29 bits per heavy atom. The van der Waals surface area contributed by atoms with Crippen LogP contribution < -0.4 is 5.32 Å². The van der Waals surface area contributed by atoms with Crippen LogP contribution in [-0.2, 0) is 9.47 Å². The fraction of sp³-hybridized carbons (Fsp3) is 0.417. The van der Waals surface area contributed by atoms with Crippen molar-refractivity contribution in [1.82, 2.24) is 0 Å². The summed E-state index contributed by atoms with van der Waals surface area (Å²) in [4.78, 5) is 0. The van der Waals surface area contributed by atoms with Crippen LogP contribution in [0.2, 0.25) is 0 Å². The molecule has 4 nitrogen and oxygen atoms in total. The molecule has 0 amide bonds. The van der Waals surface area contributed by atoms with Crippen LogP contribution in [0.25, 0.3) is 0 Å². The van der Waals surface area contributed by atoms with Gasteiger partial charge in [-0.15, -0.1) is 0 Å². The molecule has 0 aliphatic heterocycles. The first-order valence-electron chi connectivity index (χ1n) is 5.27. The lowest BCUT2D eigenvalue weighted by molar-refractivity contribution is 0.0759. The van der Waals surface area contributed by atoms with Crippen molar-refractivity contribution in [3.8, 4) is 6.07 Å². The molecule has 0 aliphatic carbocycles. The largest absolute Gasteiger partial charge is 0.383 e. The first-order chi connectivity index (χ1) is 8.26. The highest BCUT2D eigenvalue weighted by Crippen LogP contribution is 2.12. The zero-order chi connectivity index (χ0) is 12.5. The Kier molecular flexibility index (Phi) is 6.00. The summed E-state index contributed by atoms with van der Waals surface area (Å²) in [5, 5.41) is 11.7. The molecule has 0 aromatic heterocycles. The van der Waals surface area contributed by atoms with Crippen molar-refractivity contribution < 1.29 is 13.9 Å². The molecular weight excluding hydrogens is 223 g/mol. The third-order valence-corrected chi connectivity index (χ3v) is 2.03. The fourth-order valence-electron chi connectivity index (χ4n) is 1.27. The summed E-state index contributed by atoms with van der Waals surface area (Å²) < 4.78 is 23.1. The summed E-state index contributed by atoms with van der Waals surface area (Å²) in [6, 6.07) is 6.03. The van der Waals surface area contributed by atoms with E-state index in [-0.39, 0.29) is 0 Å². The molecule has 0 radical (unpaired) electrons. The zero-order valence-electron chi connectivity index (χ0n) is 9.70. The lowest BCUT2D eigenvalue weighted by Gasteiger charge is -2.07. The number of anilines is 1. The number of nitrogens with zero attached hydrogens (tertiary/aromatic N) is 1. The average Bonchev–Trinajstić information content (AvgIpc) is 2.33. The van der Waals surface area contributed by atoms with Crippen LogP contribution in [0, 0.1) is 17.1 Å². The van der Waals surface area contributed by atoms with E-state index in [4.69, 9.17) is 14.7 Å². The van der Waals surface area contributed by atoms with E-state index >= 15 is 0 Å². The van der Waals surface area contributed by atoms with E-state index in [2.05, 4.69) is 5.32 Å². The predicted octanol–water partition coefficient (Wildman–Crippen LogP) is 1.77. The number of nitrogens with one attached hydrogen (secondary N) is 1. The summed E-state index contributed by atoms with van der Waals surface area (Å²) in [7, 11) is 1.61. The monoisotopic (exact) mass is 238 g/mol. The summed E-state index contributed by atoms with van der Waals surface area (Å²) in [5.41, 5.74) is 0.879. The first-order valence-corrected chi connectivity index (χ1v) is 5.27. The van der Waals surface area contributed by atoms with E-state index in [1.807, 2.05) is 6.07 Å². The average molecular weight is 238 g/mol. The third-order valence-electron chi connectivity index (χ3n) is 2.03. The summed E-state index contributed by atoms with van der Waals surface area (Å²) in [6.45, 7) is 2.14. The Bertz CT molecular complexity index is 391. The van der Waals surface area contributed by atoms with Gasteiger partial charge in [-0.3, -0.25) is 0 Å². The van der Waals surface area contributed by atoms with Crippen molar-refractivity contribution in [3.05, 3.63) is 29.6 Å². The van der Waals surface area contributed by atoms with Gasteiger partial charge >= 0.3 is 0 Å². The molecule has 0 spiro atoms. The molecule has 1 aromatic carbocycles. The van der Waals surface area contributed by atoms with Crippen LogP contribution in [0.1, 0.15) is 5.56 Å². The normalized spacial score (nSPS) is 9.94. The number of ether oxygens (including phenoxy) is 2. The quantitative estimate of drug-likeness (QED) is 0.735. The molecule has 0 saturated carbocycles. The Hall–Kier alpha value is -1.64. The van der Waals surface area contributed by atoms with Gasteiger partial charge in [0.05, 0.1) is 31.5 Å². The molecule has 0 aliphatic rings. The fourth-order valence-corrected chi connectivity index (χ4v) is 1.27. The van der Waals surface area contributed by atoms with Crippen LogP contribution in [0.4, 0.5) is 10.1 Å². The SMILES string of the molecule is COCCOCCNc1cc(F)cc(C#N)c1. The highest BCUT2D eigenvalue weighted by molar-refractivity contribution is 5.49. The van der Waals surface area contributed by atoms with Crippen LogP contribution in [-0.4, -0.2) is 33.5 Å². The maximum Gasteiger partial charge on any atom is 0.126 e. The van der Waals surface area contributed by atoms with Gasteiger partial charge in [0.2, 0.25) is 0 Å². The molecule has 1 rings (SSSR count). The zero-order valence-corrected chi connectivity index (χ0v) is 9.70. The standard InChI is InChI=1S/C12H15FN2O2/c1-16-4-5-17-3-2-15-12-7-10(9-14)6-11(13)8-12/h6-8,15H,2-5H2,1H3. The van der Waals surface area contributed by atoms with Crippen molar-refractivity contribution in [1.29, 1.82) is 5.26 Å².